The first-order valence-corrected chi connectivity index (χ1v) is 19.7. The molecule has 4 heterocycles. The normalized spacial score (nSPS) is 12.1. The van der Waals surface area contributed by atoms with Crippen LogP contribution in [-0.4, -0.2) is 9.13 Å². The summed E-state index contributed by atoms with van der Waals surface area (Å²) in [5, 5.41) is 9.15. The van der Waals surface area contributed by atoms with Crippen molar-refractivity contribution in [2.75, 3.05) is 0 Å². The van der Waals surface area contributed by atoms with Crippen LogP contribution in [0.1, 0.15) is 0 Å². The highest BCUT2D eigenvalue weighted by atomic mass is 16.4. The van der Waals surface area contributed by atoms with Gasteiger partial charge in [0, 0.05) is 54.5 Å². The molecule has 9 aromatic carbocycles. The van der Waals surface area contributed by atoms with E-state index in [9.17, 15) is 0 Å². The fourth-order valence-corrected chi connectivity index (χ4v) is 9.44. The molecule has 4 aromatic heterocycles. The minimum atomic E-state index is 0.772. The van der Waals surface area contributed by atoms with Gasteiger partial charge >= 0.3 is 0 Å². The van der Waals surface area contributed by atoms with E-state index in [0.717, 1.165) is 66.4 Å². The van der Waals surface area contributed by atoms with E-state index in [1.54, 1.807) is 0 Å². The molecule has 13 rings (SSSR count). The van der Waals surface area contributed by atoms with Crippen LogP contribution in [0, 0.1) is 0 Å². The Labute approximate surface area is 332 Å². The summed E-state index contributed by atoms with van der Waals surface area (Å²) in [4.78, 5) is 0. The molecule has 0 aliphatic rings. The smallest absolute Gasteiger partial charge is 0.178 e. The molecule has 0 spiro atoms. The maximum absolute atomic E-state index is 6.64. The second kappa shape index (κ2) is 11.8. The van der Waals surface area contributed by atoms with Crippen LogP contribution >= 0.6 is 0 Å². The Morgan fingerprint density at radius 2 is 0.707 bits per heavy atom. The molecule has 0 fully saturated rings. The standard InChI is InChI=1S/C54H32N2O2/c1-3-11-33(12-4-1)34-19-25-49-43(29-34)44-30-35(20-26-50(44)55(49)37-13-5-2-6-14-37)36-21-27-51-45(31-36)41-23-24-42-46-32-38(22-28-52(46)58-54(42)53(41)57-51)56-47-17-9-7-15-39(47)40-16-8-10-18-48(40)56/h1-32H. The van der Waals surface area contributed by atoms with Crippen LogP contribution < -0.4 is 0 Å². The molecule has 13 aromatic rings. The Hall–Kier alpha value is -7.82. The van der Waals surface area contributed by atoms with Gasteiger partial charge in [-0.3, -0.25) is 0 Å². The maximum Gasteiger partial charge on any atom is 0.178 e. The summed E-state index contributed by atoms with van der Waals surface area (Å²) in [5.41, 5.74) is 14.9. The van der Waals surface area contributed by atoms with Gasteiger partial charge in [-0.1, -0.05) is 103 Å². The summed E-state index contributed by atoms with van der Waals surface area (Å²) in [6.45, 7) is 0. The van der Waals surface area contributed by atoms with Crippen molar-refractivity contribution in [1.29, 1.82) is 0 Å². The highest BCUT2D eigenvalue weighted by Gasteiger charge is 2.20. The number of fused-ring (bicyclic) bond motifs is 13. The average molecular weight is 741 g/mol. The van der Waals surface area contributed by atoms with Crippen LogP contribution in [0.15, 0.2) is 203 Å². The van der Waals surface area contributed by atoms with Crippen molar-refractivity contribution in [3.05, 3.63) is 194 Å². The topological polar surface area (TPSA) is 36.1 Å². The Morgan fingerprint density at radius 3 is 1.33 bits per heavy atom. The van der Waals surface area contributed by atoms with E-state index < -0.39 is 0 Å². The fourth-order valence-electron chi connectivity index (χ4n) is 9.44. The third-order valence-corrected chi connectivity index (χ3v) is 12.1. The molecule has 0 atom stereocenters. The second-order valence-corrected chi connectivity index (χ2v) is 15.3. The minimum absolute atomic E-state index is 0.772. The van der Waals surface area contributed by atoms with Gasteiger partial charge in [-0.05, 0) is 113 Å². The molecular formula is C54H32N2O2. The first kappa shape index (κ1) is 31.4. The van der Waals surface area contributed by atoms with E-state index in [4.69, 9.17) is 8.83 Å². The zero-order valence-corrected chi connectivity index (χ0v) is 31.2. The zero-order valence-electron chi connectivity index (χ0n) is 31.2. The predicted molar refractivity (Wildman–Crippen MR) is 241 cm³/mol. The van der Waals surface area contributed by atoms with E-state index in [-0.39, 0.29) is 0 Å². The molecule has 0 aliphatic heterocycles. The van der Waals surface area contributed by atoms with Crippen molar-refractivity contribution in [2.24, 2.45) is 0 Å². The highest BCUT2D eigenvalue weighted by Crippen LogP contribution is 2.42. The SMILES string of the molecule is c1ccc(-c2ccc3c(c2)c2cc(-c4ccc5oc6c(ccc7c8cc(-n9c%10ccccc%10c%10ccccc%109)ccc8oc76)c5c4)ccc2n3-c2ccccc2)cc1. The van der Waals surface area contributed by atoms with Crippen molar-refractivity contribution in [2.45, 2.75) is 0 Å². The second-order valence-electron chi connectivity index (χ2n) is 15.3. The fraction of sp³-hybridized carbons (Fsp3) is 0. The molecule has 270 valence electrons. The Balaban J connectivity index is 0.960. The van der Waals surface area contributed by atoms with Crippen LogP contribution in [0.2, 0.25) is 0 Å². The number of furan rings is 2. The van der Waals surface area contributed by atoms with Crippen molar-refractivity contribution >= 4 is 87.5 Å². The van der Waals surface area contributed by atoms with Gasteiger partial charge in [0.25, 0.3) is 0 Å². The lowest BCUT2D eigenvalue weighted by molar-refractivity contribution is 0.633. The third-order valence-electron chi connectivity index (χ3n) is 12.1. The van der Waals surface area contributed by atoms with Crippen molar-refractivity contribution in [3.8, 4) is 33.6 Å². The van der Waals surface area contributed by atoms with Crippen LogP contribution in [-0.2, 0) is 0 Å². The molecule has 58 heavy (non-hydrogen) atoms. The summed E-state index contributed by atoms with van der Waals surface area (Å²) >= 11 is 0. The molecule has 0 N–H and O–H groups in total. The Kier molecular flexibility index (Phi) is 6.41. The van der Waals surface area contributed by atoms with Crippen LogP contribution in [0.4, 0.5) is 0 Å². The van der Waals surface area contributed by atoms with E-state index in [1.165, 1.54) is 54.7 Å². The zero-order chi connectivity index (χ0) is 37.9. The number of aromatic nitrogens is 2. The van der Waals surface area contributed by atoms with Gasteiger partial charge < -0.3 is 18.0 Å². The summed E-state index contributed by atoms with van der Waals surface area (Å²) in [6, 6.07) is 69.6. The molecule has 4 nitrogen and oxygen atoms in total. The van der Waals surface area contributed by atoms with E-state index in [1.807, 2.05) is 0 Å². The summed E-state index contributed by atoms with van der Waals surface area (Å²) in [5.74, 6) is 0. The van der Waals surface area contributed by atoms with Crippen LogP contribution in [0.25, 0.3) is 121 Å². The number of hydrogen-bond acceptors (Lipinski definition) is 2. The van der Waals surface area contributed by atoms with E-state index >= 15 is 0 Å². The minimum Gasteiger partial charge on any atom is -0.452 e. The Bertz CT molecular complexity index is 3730. The van der Waals surface area contributed by atoms with Crippen molar-refractivity contribution < 1.29 is 8.83 Å². The van der Waals surface area contributed by atoms with Crippen LogP contribution in [0.3, 0.4) is 0 Å². The van der Waals surface area contributed by atoms with Crippen LogP contribution in [0.5, 0.6) is 0 Å². The maximum atomic E-state index is 6.64. The van der Waals surface area contributed by atoms with Crippen molar-refractivity contribution in [1.82, 2.24) is 9.13 Å². The van der Waals surface area contributed by atoms with Gasteiger partial charge in [0.15, 0.2) is 11.2 Å². The molecule has 0 unspecified atom stereocenters. The molecule has 0 amide bonds. The highest BCUT2D eigenvalue weighted by molar-refractivity contribution is 6.20. The molecule has 0 saturated heterocycles. The largest absolute Gasteiger partial charge is 0.452 e. The molecule has 0 bridgehead atoms. The summed E-state index contributed by atoms with van der Waals surface area (Å²) < 4.78 is 18.0. The van der Waals surface area contributed by atoms with Gasteiger partial charge in [-0.25, -0.2) is 0 Å². The van der Waals surface area contributed by atoms with Gasteiger partial charge in [0.05, 0.1) is 22.1 Å². The van der Waals surface area contributed by atoms with Gasteiger partial charge in [0.1, 0.15) is 11.2 Å². The number of rotatable bonds is 4. The number of hydrogen-bond donors (Lipinski definition) is 0. The third kappa shape index (κ3) is 4.45. The van der Waals surface area contributed by atoms with E-state index in [0.29, 0.717) is 0 Å². The molecular weight excluding hydrogens is 709 g/mol. The lowest BCUT2D eigenvalue weighted by atomic mass is 9.99. The first-order valence-electron chi connectivity index (χ1n) is 19.7. The molecule has 0 aliphatic carbocycles. The van der Waals surface area contributed by atoms with Gasteiger partial charge in [-0.2, -0.15) is 0 Å². The average Bonchev–Trinajstić information content (AvgIpc) is 4.04. The monoisotopic (exact) mass is 740 g/mol. The lowest BCUT2D eigenvalue weighted by Gasteiger charge is -2.08. The summed E-state index contributed by atoms with van der Waals surface area (Å²) in [7, 11) is 0. The lowest BCUT2D eigenvalue weighted by Crippen LogP contribution is -1.93. The number of nitrogens with zero attached hydrogens (tertiary/aromatic N) is 2. The molecule has 4 heteroatoms. The summed E-state index contributed by atoms with van der Waals surface area (Å²) in [6.07, 6.45) is 0. The van der Waals surface area contributed by atoms with Gasteiger partial charge in [0.2, 0.25) is 0 Å². The van der Waals surface area contributed by atoms with E-state index in [2.05, 4.69) is 203 Å². The first-order chi connectivity index (χ1) is 28.7. The number of benzene rings is 9. The Morgan fingerprint density at radius 1 is 0.259 bits per heavy atom. The molecule has 0 saturated carbocycles. The quantitative estimate of drug-likeness (QED) is 0.180. The van der Waals surface area contributed by atoms with Crippen molar-refractivity contribution in [3.63, 3.8) is 0 Å². The molecule has 0 radical (unpaired) electrons. The predicted octanol–water partition coefficient (Wildman–Crippen LogP) is 15.0. The van der Waals surface area contributed by atoms with Gasteiger partial charge in [-0.15, -0.1) is 0 Å². The number of para-hydroxylation sites is 3.